The fourth-order valence-electron chi connectivity index (χ4n) is 1.41. The van der Waals surface area contributed by atoms with Crippen LogP contribution in [0.5, 0.6) is 0 Å². The average molecular weight is 269 g/mol. The molecule has 0 radical (unpaired) electrons. The highest BCUT2D eigenvalue weighted by molar-refractivity contribution is 5.81. The maximum Gasteiger partial charge on any atom is 0.408 e. The summed E-state index contributed by atoms with van der Waals surface area (Å²) in [6, 6.07) is 3.63. The Morgan fingerprint density at radius 1 is 1.37 bits per heavy atom. The van der Waals surface area contributed by atoms with Crippen LogP contribution in [-0.2, 0) is 9.53 Å². The van der Waals surface area contributed by atoms with Crippen LogP contribution in [0.3, 0.4) is 0 Å². The number of halogens is 1. The first kappa shape index (κ1) is 14.9. The van der Waals surface area contributed by atoms with Crippen molar-refractivity contribution in [1.82, 2.24) is 5.32 Å². The molecule has 1 amide bonds. The Labute approximate surface area is 110 Å². The molecule has 0 spiro atoms. The first-order valence-electron chi connectivity index (χ1n) is 5.96. The second-order valence-corrected chi connectivity index (χ2v) is 3.96. The lowest BCUT2D eigenvalue weighted by atomic mass is 10.1. The van der Waals surface area contributed by atoms with Crippen LogP contribution >= 0.6 is 0 Å². The van der Waals surface area contributed by atoms with E-state index in [4.69, 9.17) is 9.84 Å². The van der Waals surface area contributed by atoms with Crippen molar-refractivity contribution in [3.63, 3.8) is 0 Å². The summed E-state index contributed by atoms with van der Waals surface area (Å²) in [5.74, 6) is -1.71. The number of nitrogens with one attached hydrogen (secondary N) is 1. The molecule has 1 aromatic rings. The van der Waals surface area contributed by atoms with Gasteiger partial charge in [0.1, 0.15) is 5.82 Å². The van der Waals surface area contributed by atoms with E-state index in [-0.39, 0.29) is 12.2 Å². The maximum atomic E-state index is 12.8. The molecule has 0 aliphatic heterocycles. The Hall–Kier alpha value is -2.11. The number of carbonyl (C=O) groups is 2. The van der Waals surface area contributed by atoms with E-state index in [0.29, 0.717) is 6.42 Å². The fraction of sp³-hybridized carbons (Fsp3) is 0.385. The van der Waals surface area contributed by atoms with Crippen molar-refractivity contribution < 1.29 is 23.8 Å². The quantitative estimate of drug-likeness (QED) is 0.778. The molecule has 0 aromatic heterocycles. The lowest BCUT2D eigenvalue weighted by Crippen LogP contribution is -2.34. The van der Waals surface area contributed by atoms with Crippen LogP contribution in [0.4, 0.5) is 9.18 Å². The van der Waals surface area contributed by atoms with E-state index >= 15 is 0 Å². The maximum absolute atomic E-state index is 12.8. The normalized spacial score (nSPS) is 11.7. The minimum Gasteiger partial charge on any atom is -0.479 e. The van der Waals surface area contributed by atoms with Gasteiger partial charge in [-0.1, -0.05) is 25.5 Å². The van der Waals surface area contributed by atoms with Gasteiger partial charge in [0.15, 0.2) is 6.04 Å². The molecule has 1 atom stereocenters. The van der Waals surface area contributed by atoms with Crippen LogP contribution in [0.2, 0.25) is 0 Å². The highest BCUT2D eigenvalue weighted by atomic mass is 19.1. The third kappa shape index (κ3) is 4.95. The highest BCUT2D eigenvalue weighted by Crippen LogP contribution is 2.14. The molecule has 104 valence electrons. The number of carboxylic acids is 1. The second kappa shape index (κ2) is 7.35. The predicted molar refractivity (Wildman–Crippen MR) is 66.2 cm³/mol. The molecule has 0 bridgehead atoms. The standard InChI is InChI=1S/C13H16FNO4/c1-2-3-8-19-13(18)15-11(12(16)17)9-4-6-10(14)7-5-9/h4-7,11H,2-3,8H2,1H3,(H,15,18)(H,16,17). The summed E-state index contributed by atoms with van der Waals surface area (Å²) in [6.07, 6.45) is 0.778. The van der Waals surface area contributed by atoms with Crippen LogP contribution < -0.4 is 5.32 Å². The number of hydrogen-bond acceptors (Lipinski definition) is 3. The zero-order chi connectivity index (χ0) is 14.3. The van der Waals surface area contributed by atoms with Gasteiger partial charge >= 0.3 is 12.1 Å². The van der Waals surface area contributed by atoms with Crippen LogP contribution in [0, 0.1) is 5.82 Å². The molecule has 0 aliphatic carbocycles. The van der Waals surface area contributed by atoms with Gasteiger partial charge in [-0.3, -0.25) is 0 Å². The van der Waals surface area contributed by atoms with Crippen LogP contribution in [0.15, 0.2) is 24.3 Å². The van der Waals surface area contributed by atoms with E-state index in [1.165, 1.54) is 12.1 Å². The molecule has 1 aromatic carbocycles. The van der Waals surface area contributed by atoms with E-state index in [9.17, 15) is 14.0 Å². The summed E-state index contributed by atoms with van der Waals surface area (Å²) in [4.78, 5) is 22.5. The smallest absolute Gasteiger partial charge is 0.408 e. The molecule has 1 rings (SSSR count). The van der Waals surface area contributed by atoms with E-state index in [0.717, 1.165) is 18.6 Å². The topological polar surface area (TPSA) is 75.6 Å². The molecule has 0 aliphatic rings. The minimum absolute atomic E-state index is 0.234. The predicted octanol–water partition coefficient (Wildman–Crippen LogP) is 2.48. The summed E-state index contributed by atoms with van der Waals surface area (Å²) in [7, 11) is 0. The van der Waals surface area contributed by atoms with Gasteiger partial charge in [-0.2, -0.15) is 0 Å². The first-order chi connectivity index (χ1) is 9.04. The van der Waals surface area contributed by atoms with Crippen molar-refractivity contribution in [2.24, 2.45) is 0 Å². The third-order valence-corrected chi connectivity index (χ3v) is 2.44. The summed E-state index contributed by atoms with van der Waals surface area (Å²) in [6.45, 7) is 2.18. The summed E-state index contributed by atoms with van der Waals surface area (Å²) in [5, 5.41) is 11.3. The second-order valence-electron chi connectivity index (χ2n) is 3.96. The molecular formula is C13H16FNO4. The number of hydrogen-bond donors (Lipinski definition) is 2. The van der Waals surface area contributed by atoms with Gasteiger partial charge in [-0.25, -0.2) is 14.0 Å². The number of aliphatic carboxylic acids is 1. The molecule has 0 heterocycles. The Morgan fingerprint density at radius 2 is 2.00 bits per heavy atom. The average Bonchev–Trinajstić information content (AvgIpc) is 2.37. The van der Waals surface area contributed by atoms with Gasteiger partial charge < -0.3 is 15.2 Å². The van der Waals surface area contributed by atoms with Crippen molar-refractivity contribution in [3.05, 3.63) is 35.6 Å². The first-order valence-corrected chi connectivity index (χ1v) is 5.96. The lowest BCUT2D eigenvalue weighted by Gasteiger charge is -2.14. The molecular weight excluding hydrogens is 253 g/mol. The number of carboxylic acid groups (broad SMARTS) is 1. The number of alkyl carbamates (subject to hydrolysis) is 1. The van der Waals surface area contributed by atoms with Gasteiger partial charge in [-0.05, 0) is 24.1 Å². The van der Waals surface area contributed by atoms with Crippen molar-refractivity contribution in [3.8, 4) is 0 Å². The SMILES string of the molecule is CCCCOC(=O)NC(C(=O)O)c1ccc(F)cc1. The molecule has 1 unspecified atom stereocenters. The van der Waals surface area contributed by atoms with E-state index in [1.807, 2.05) is 6.92 Å². The summed E-state index contributed by atoms with van der Waals surface area (Å²) >= 11 is 0. The van der Waals surface area contributed by atoms with Gasteiger partial charge in [-0.15, -0.1) is 0 Å². The number of ether oxygens (including phenoxy) is 1. The molecule has 19 heavy (non-hydrogen) atoms. The van der Waals surface area contributed by atoms with Gasteiger partial charge in [0.05, 0.1) is 6.61 Å². The van der Waals surface area contributed by atoms with Gasteiger partial charge in [0.2, 0.25) is 0 Å². The van der Waals surface area contributed by atoms with Crippen molar-refractivity contribution in [2.75, 3.05) is 6.61 Å². The Balaban J connectivity index is 2.65. The molecule has 5 nitrogen and oxygen atoms in total. The lowest BCUT2D eigenvalue weighted by molar-refractivity contribution is -0.139. The number of rotatable bonds is 6. The summed E-state index contributed by atoms with van der Waals surface area (Å²) < 4.78 is 17.6. The van der Waals surface area contributed by atoms with Crippen LogP contribution in [0.25, 0.3) is 0 Å². The summed E-state index contributed by atoms with van der Waals surface area (Å²) in [5.41, 5.74) is 0.279. The third-order valence-electron chi connectivity index (χ3n) is 2.44. The Bertz CT molecular complexity index is 433. The number of amides is 1. The Kier molecular flexibility index (Phi) is 5.78. The van der Waals surface area contributed by atoms with E-state index in [2.05, 4.69) is 5.32 Å². The number of carbonyl (C=O) groups excluding carboxylic acids is 1. The van der Waals surface area contributed by atoms with Crippen LogP contribution in [0.1, 0.15) is 31.4 Å². The molecule has 2 N–H and O–H groups in total. The molecule has 0 fully saturated rings. The van der Waals surface area contributed by atoms with Crippen LogP contribution in [-0.4, -0.2) is 23.8 Å². The Morgan fingerprint density at radius 3 is 2.53 bits per heavy atom. The monoisotopic (exact) mass is 269 g/mol. The zero-order valence-corrected chi connectivity index (χ0v) is 10.6. The van der Waals surface area contributed by atoms with Gasteiger partial charge in [0, 0.05) is 0 Å². The van der Waals surface area contributed by atoms with Crippen molar-refractivity contribution >= 4 is 12.1 Å². The number of unbranched alkanes of at least 4 members (excludes halogenated alkanes) is 1. The molecule has 0 saturated heterocycles. The highest BCUT2D eigenvalue weighted by Gasteiger charge is 2.22. The van der Waals surface area contributed by atoms with Gasteiger partial charge in [0.25, 0.3) is 0 Å². The molecule has 6 heteroatoms. The number of benzene rings is 1. The van der Waals surface area contributed by atoms with E-state index in [1.54, 1.807) is 0 Å². The zero-order valence-electron chi connectivity index (χ0n) is 10.6. The minimum atomic E-state index is -1.25. The van der Waals surface area contributed by atoms with Crippen molar-refractivity contribution in [1.29, 1.82) is 0 Å². The molecule has 0 saturated carbocycles. The van der Waals surface area contributed by atoms with Crippen molar-refractivity contribution in [2.45, 2.75) is 25.8 Å². The largest absolute Gasteiger partial charge is 0.479 e. The van der Waals surface area contributed by atoms with E-state index < -0.39 is 23.9 Å². The fourth-order valence-corrected chi connectivity index (χ4v) is 1.41.